The van der Waals surface area contributed by atoms with Crippen molar-refractivity contribution in [1.29, 1.82) is 0 Å². The van der Waals surface area contributed by atoms with E-state index in [2.05, 4.69) is 10.3 Å². The number of imidazole rings is 1. The van der Waals surface area contributed by atoms with E-state index in [0.717, 1.165) is 0 Å². The van der Waals surface area contributed by atoms with Gasteiger partial charge in [-0.25, -0.2) is 22.5 Å². The summed E-state index contributed by atoms with van der Waals surface area (Å²) in [5, 5.41) is 2.25. The van der Waals surface area contributed by atoms with Crippen molar-refractivity contribution in [1.82, 2.24) is 9.55 Å². The maximum absolute atomic E-state index is 13.5. The Labute approximate surface area is 112 Å². The SMILES string of the molecule is COCCn1ccnc1Nc1c(F)c(F)cc(F)c1F. The lowest BCUT2D eigenvalue weighted by molar-refractivity contribution is 0.188. The lowest BCUT2D eigenvalue weighted by Gasteiger charge is -2.11. The molecule has 1 aromatic carbocycles. The van der Waals surface area contributed by atoms with Crippen molar-refractivity contribution in [3.8, 4) is 0 Å². The standard InChI is InChI=1S/C12H11F4N3O/c1-20-5-4-19-3-2-17-12(19)18-11-9(15)7(13)6-8(14)10(11)16/h2-3,6H,4-5H2,1H3,(H,17,18). The Morgan fingerprint density at radius 1 is 1.20 bits per heavy atom. The van der Waals surface area contributed by atoms with Gasteiger partial charge in [0, 0.05) is 32.1 Å². The molecule has 0 aliphatic heterocycles. The van der Waals surface area contributed by atoms with Gasteiger partial charge in [-0.3, -0.25) is 0 Å². The van der Waals surface area contributed by atoms with E-state index in [-0.39, 0.29) is 12.0 Å². The van der Waals surface area contributed by atoms with Gasteiger partial charge in [0.15, 0.2) is 23.3 Å². The summed E-state index contributed by atoms with van der Waals surface area (Å²) in [5.41, 5.74) is -0.924. The first-order valence-electron chi connectivity index (χ1n) is 5.64. The Kier molecular flexibility index (Phi) is 4.23. The largest absolute Gasteiger partial charge is 0.383 e. The van der Waals surface area contributed by atoms with Gasteiger partial charge in [-0.1, -0.05) is 0 Å². The van der Waals surface area contributed by atoms with Crippen LogP contribution in [0.4, 0.5) is 29.2 Å². The van der Waals surface area contributed by atoms with Crippen LogP contribution in [0.1, 0.15) is 0 Å². The van der Waals surface area contributed by atoms with Crippen LogP contribution in [0.2, 0.25) is 0 Å². The number of nitrogens with one attached hydrogen (secondary N) is 1. The molecule has 0 saturated heterocycles. The van der Waals surface area contributed by atoms with Gasteiger partial charge in [0.1, 0.15) is 5.69 Å². The van der Waals surface area contributed by atoms with Gasteiger partial charge in [-0.05, 0) is 0 Å². The van der Waals surface area contributed by atoms with Gasteiger partial charge < -0.3 is 14.6 Å². The lowest BCUT2D eigenvalue weighted by atomic mass is 10.2. The first-order valence-corrected chi connectivity index (χ1v) is 5.64. The molecule has 0 amide bonds. The molecule has 0 atom stereocenters. The highest BCUT2D eigenvalue weighted by Crippen LogP contribution is 2.26. The molecule has 0 aliphatic carbocycles. The van der Waals surface area contributed by atoms with Gasteiger partial charge in [0.2, 0.25) is 5.95 Å². The summed E-state index contributed by atoms with van der Waals surface area (Å²) >= 11 is 0. The normalized spacial score (nSPS) is 10.8. The molecule has 0 spiro atoms. The number of hydrogen-bond acceptors (Lipinski definition) is 3. The van der Waals surface area contributed by atoms with Crippen molar-refractivity contribution in [2.45, 2.75) is 6.54 Å². The van der Waals surface area contributed by atoms with Crippen LogP contribution in [0.25, 0.3) is 0 Å². The Morgan fingerprint density at radius 3 is 2.45 bits per heavy atom. The minimum atomic E-state index is -1.51. The van der Waals surface area contributed by atoms with Crippen LogP contribution in [-0.4, -0.2) is 23.3 Å². The van der Waals surface area contributed by atoms with E-state index in [1.807, 2.05) is 0 Å². The van der Waals surface area contributed by atoms with Crippen LogP contribution in [0.5, 0.6) is 0 Å². The molecule has 4 nitrogen and oxygen atoms in total. The van der Waals surface area contributed by atoms with Crippen molar-refractivity contribution in [2.75, 3.05) is 19.0 Å². The van der Waals surface area contributed by atoms with Crippen LogP contribution in [0.3, 0.4) is 0 Å². The topological polar surface area (TPSA) is 39.1 Å². The number of aromatic nitrogens is 2. The maximum Gasteiger partial charge on any atom is 0.207 e. The third-order valence-corrected chi connectivity index (χ3v) is 2.60. The van der Waals surface area contributed by atoms with Crippen molar-refractivity contribution in [3.63, 3.8) is 0 Å². The van der Waals surface area contributed by atoms with Gasteiger partial charge >= 0.3 is 0 Å². The number of nitrogens with zero attached hydrogens (tertiary/aromatic N) is 2. The van der Waals surface area contributed by atoms with Crippen LogP contribution in [0.15, 0.2) is 18.5 Å². The van der Waals surface area contributed by atoms with Crippen molar-refractivity contribution >= 4 is 11.6 Å². The highest BCUT2D eigenvalue weighted by atomic mass is 19.2. The van der Waals surface area contributed by atoms with E-state index in [1.165, 1.54) is 24.1 Å². The highest BCUT2D eigenvalue weighted by Gasteiger charge is 2.20. The number of rotatable bonds is 5. The number of benzene rings is 1. The van der Waals surface area contributed by atoms with E-state index >= 15 is 0 Å². The fraction of sp³-hybridized carbons (Fsp3) is 0.250. The number of ether oxygens (including phenoxy) is 1. The van der Waals surface area contributed by atoms with E-state index < -0.39 is 29.0 Å². The molecule has 1 aromatic heterocycles. The van der Waals surface area contributed by atoms with E-state index in [4.69, 9.17) is 4.74 Å². The first kappa shape index (κ1) is 14.3. The molecule has 0 unspecified atom stereocenters. The molecule has 2 rings (SSSR count). The third kappa shape index (κ3) is 2.74. The minimum Gasteiger partial charge on any atom is -0.383 e. The summed E-state index contributed by atoms with van der Waals surface area (Å²) < 4.78 is 59.5. The van der Waals surface area contributed by atoms with Crippen LogP contribution < -0.4 is 5.32 Å². The third-order valence-electron chi connectivity index (χ3n) is 2.60. The summed E-state index contributed by atoms with van der Waals surface area (Å²) in [6.45, 7) is 0.702. The summed E-state index contributed by atoms with van der Waals surface area (Å²) in [4.78, 5) is 3.82. The quantitative estimate of drug-likeness (QED) is 0.679. The van der Waals surface area contributed by atoms with Gasteiger partial charge in [-0.15, -0.1) is 0 Å². The second-order valence-corrected chi connectivity index (χ2v) is 3.91. The molecule has 2 aromatic rings. The molecule has 0 fully saturated rings. The Balaban J connectivity index is 2.33. The van der Waals surface area contributed by atoms with Crippen LogP contribution in [0, 0.1) is 23.3 Å². The smallest absolute Gasteiger partial charge is 0.207 e. The summed E-state index contributed by atoms with van der Waals surface area (Å²) in [6.07, 6.45) is 2.91. The molecular weight excluding hydrogens is 278 g/mol. The number of methoxy groups -OCH3 is 1. The van der Waals surface area contributed by atoms with Crippen molar-refractivity contribution in [3.05, 3.63) is 41.7 Å². The Morgan fingerprint density at radius 2 is 1.85 bits per heavy atom. The molecule has 20 heavy (non-hydrogen) atoms. The number of halogens is 4. The summed E-state index contributed by atoms with van der Waals surface area (Å²) in [5.74, 6) is -5.94. The molecular formula is C12H11F4N3O. The molecule has 1 N–H and O–H groups in total. The lowest BCUT2D eigenvalue weighted by Crippen LogP contribution is -2.10. The first-order chi connectivity index (χ1) is 9.54. The average Bonchev–Trinajstić information content (AvgIpc) is 2.86. The Bertz CT molecular complexity index is 589. The zero-order valence-electron chi connectivity index (χ0n) is 10.5. The molecule has 8 heteroatoms. The number of hydrogen-bond donors (Lipinski definition) is 1. The molecule has 108 valence electrons. The molecule has 0 aliphatic rings. The fourth-order valence-electron chi connectivity index (χ4n) is 1.60. The minimum absolute atomic E-state index is 0.0462. The monoisotopic (exact) mass is 289 g/mol. The van der Waals surface area contributed by atoms with E-state index in [0.29, 0.717) is 13.2 Å². The van der Waals surface area contributed by atoms with E-state index in [1.54, 1.807) is 0 Å². The second kappa shape index (κ2) is 5.91. The van der Waals surface area contributed by atoms with E-state index in [9.17, 15) is 17.6 Å². The summed E-state index contributed by atoms with van der Waals surface area (Å²) in [6, 6.07) is 0.146. The fourth-order valence-corrected chi connectivity index (χ4v) is 1.60. The predicted molar refractivity (Wildman–Crippen MR) is 63.7 cm³/mol. The average molecular weight is 289 g/mol. The second-order valence-electron chi connectivity index (χ2n) is 3.91. The van der Waals surface area contributed by atoms with Crippen molar-refractivity contribution in [2.24, 2.45) is 0 Å². The van der Waals surface area contributed by atoms with Gasteiger partial charge in [0.05, 0.1) is 6.61 Å². The maximum atomic E-state index is 13.5. The zero-order chi connectivity index (χ0) is 14.7. The number of anilines is 2. The van der Waals surface area contributed by atoms with Gasteiger partial charge in [-0.2, -0.15) is 0 Å². The molecule has 0 bridgehead atoms. The Hall–Kier alpha value is -2.09. The molecule has 0 radical (unpaired) electrons. The molecule has 0 saturated carbocycles. The van der Waals surface area contributed by atoms with Crippen molar-refractivity contribution < 1.29 is 22.3 Å². The molecule has 1 heterocycles. The van der Waals surface area contributed by atoms with Crippen LogP contribution >= 0.6 is 0 Å². The summed E-state index contributed by atoms with van der Waals surface area (Å²) in [7, 11) is 1.49. The zero-order valence-corrected chi connectivity index (χ0v) is 10.5. The van der Waals surface area contributed by atoms with Gasteiger partial charge in [0.25, 0.3) is 0 Å². The van der Waals surface area contributed by atoms with Crippen LogP contribution in [-0.2, 0) is 11.3 Å². The predicted octanol–water partition coefficient (Wildman–Crippen LogP) is 2.83. The highest BCUT2D eigenvalue weighted by molar-refractivity contribution is 5.56.